The highest BCUT2D eigenvalue weighted by Crippen LogP contribution is 2.33. The highest BCUT2D eigenvalue weighted by atomic mass is 16.5. The molecule has 1 aliphatic rings. The van der Waals surface area contributed by atoms with Gasteiger partial charge in [-0.15, -0.1) is 0 Å². The Labute approximate surface area is 194 Å². The first-order valence-electron chi connectivity index (χ1n) is 11.3. The topological polar surface area (TPSA) is 77.7 Å². The number of amides is 1. The molecule has 0 unspecified atom stereocenters. The zero-order valence-corrected chi connectivity index (χ0v) is 19.9. The monoisotopic (exact) mass is 449 g/mol. The van der Waals surface area contributed by atoms with Crippen LogP contribution in [0.1, 0.15) is 61.3 Å². The predicted molar refractivity (Wildman–Crippen MR) is 126 cm³/mol. The zero-order chi connectivity index (χ0) is 23.6. The summed E-state index contributed by atoms with van der Waals surface area (Å²) in [6.45, 7) is 7.79. The predicted octanol–water partition coefficient (Wildman–Crippen LogP) is 5.07. The average Bonchev–Trinajstić information content (AvgIpc) is 3.33. The molecule has 0 bridgehead atoms. The maximum atomic E-state index is 13.1. The Morgan fingerprint density at radius 3 is 2.45 bits per heavy atom. The molecular weight excluding hydrogens is 418 g/mol. The van der Waals surface area contributed by atoms with E-state index in [0.29, 0.717) is 35.3 Å². The molecule has 0 radical (unpaired) electrons. The third kappa shape index (κ3) is 4.87. The molecule has 7 heteroatoms. The Hall–Kier alpha value is -3.35. The maximum absolute atomic E-state index is 13.1. The molecule has 7 nitrogen and oxygen atoms in total. The smallest absolute Gasteiger partial charge is 0.253 e. The number of carbonyl (C=O) groups is 1. The largest absolute Gasteiger partial charge is 0.493 e. The van der Waals surface area contributed by atoms with Gasteiger partial charge in [0.15, 0.2) is 11.5 Å². The SMILES string of the molecule is COc1ccc(-c2noc([C@H]3CCCN(C(=O)c4ccc(C(C)(C)C)cc4)C3)n2)cc1OC. The fourth-order valence-electron chi connectivity index (χ4n) is 4.15. The molecule has 1 aliphatic heterocycles. The van der Waals surface area contributed by atoms with Crippen LogP contribution in [0.25, 0.3) is 11.4 Å². The van der Waals surface area contributed by atoms with Gasteiger partial charge in [-0.25, -0.2) is 0 Å². The van der Waals surface area contributed by atoms with E-state index in [9.17, 15) is 4.79 Å². The Kier molecular flexibility index (Phi) is 6.40. The molecule has 1 amide bonds. The first kappa shape index (κ1) is 22.8. The van der Waals surface area contributed by atoms with Gasteiger partial charge in [0.2, 0.25) is 11.7 Å². The lowest BCUT2D eigenvalue weighted by atomic mass is 9.86. The second-order valence-corrected chi connectivity index (χ2v) is 9.44. The van der Waals surface area contributed by atoms with Crippen LogP contribution in [-0.2, 0) is 5.41 Å². The van der Waals surface area contributed by atoms with E-state index in [1.807, 2.05) is 47.4 Å². The third-order valence-corrected chi connectivity index (χ3v) is 6.14. The van der Waals surface area contributed by atoms with E-state index in [4.69, 9.17) is 14.0 Å². The second kappa shape index (κ2) is 9.25. The van der Waals surface area contributed by atoms with E-state index in [-0.39, 0.29) is 17.2 Å². The Balaban J connectivity index is 1.48. The number of aromatic nitrogens is 2. The van der Waals surface area contributed by atoms with Crippen LogP contribution in [0.15, 0.2) is 47.0 Å². The summed E-state index contributed by atoms with van der Waals surface area (Å²) in [4.78, 5) is 19.6. The average molecular weight is 450 g/mol. The van der Waals surface area contributed by atoms with Gasteiger partial charge in [-0.05, 0) is 54.2 Å². The van der Waals surface area contributed by atoms with Crippen molar-refractivity contribution in [1.29, 1.82) is 0 Å². The summed E-state index contributed by atoms with van der Waals surface area (Å²) in [7, 11) is 3.19. The van der Waals surface area contributed by atoms with Crippen LogP contribution in [0.2, 0.25) is 0 Å². The molecule has 1 atom stereocenters. The van der Waals surface area contributed by atoms with E-state index in [1.165, 1.54) is 5.56 Å². The number of hydrogen-bond acceptors (Lipinski definition) is 6. The molecule has 2 heterocycles. The third-order valence-electron chi connectivity index (χ3n) is 6.14. The number of carbonyl (C=O) groups excluding carboxylic acids is 1. The summed E-state index contributed by atoms with van der Waals surface area (Å²) in [6.07, 6.45) is 1.80. The normalized spacial score (nSPS) is 16.5. The van der Waals surface area contributed by atoms with Crippen LogP contribution in [0, 0.1) is 0 Å². The van der Waals surface area contributed by atoms with Gasteiger partial charge in [-0.1, -0.05) is 38.1 Å². The van der Waals surface area contributed by atoms with Gasteiger partial charge in [0.05, 0.1) is 20.1 Å². The van der Waals surface area contributed by atoms with Crippen LogP contribution in [0.4, 0.5) is 0 Å². The van der Waals surface area contributed by atoms with Crippen molar-refractivity contribution >= 4 is 5.91 Å². The number of ether oxygens (including phenoxy) is 2. The van der Waals surface area contributed by atoms with Gasteiger partial charge >= 0.3 is 0 Å². The Morgan fingerprint density at radius 2 is 1.79 bits per heavy atom. The van der Waals surface area contributed by atoms with E-state index in [0.717, 1.165) is 24.9 Å². The fraction of sp³-hybridized carbons (Fsp3) is 0.423. The van der Waals surface area contributed by atoms with Crippen molar-refractivity contribution in [3.8, 4) is 22.9 Å². The second-order valence-electron chi connectivity index (χ2n) is 9.44. The van der Waals surface area contributed by atoms with Crippen LogP contribution >= 0.6 is 0 Å². The first-order chi connectivity index (χ1) is 15.8. The van der Waals surface area contributed by atoms with Crippen molar-refractivity contribution in [2.45, 2.75) is 44.9 Å². The van der Waals surface area contributed by atoms with E-state index in [1.54, 1.807) is 14.2 Å². The lowest BCUT2D eigenvalue weighted by Crippen LogP contribution is -2.39. The van der Waals surface area contributed by atoms with E-state index < -0.39 is 0 Å². The molecular formula is C26H31N3O4. The lowest BCUT2D eigenvalue weighted by molar-refractivity contribution is 0.0695. The van der Waals surface area contributed by atoms with Crippen LogP contribution in [0.5, 0.6) is 11.5 Å². The molecule has 2 aromatic carbocycles. The number of nitrogens with zero attached hydrogens (tertiary/aromatic N) is 3. The van der Waals surface area contributed by atoms with Gasteiger partial charge in [0.25, 0.3) is 5.91 Å². The minimum atomic E-state index is 0.0120. The van der Waals surface area contributed by atoms with Crippen molar-refractivity contribution < 1.29 is 18.8 Å². The number of methoxy groups -OCH3 is 2. The van der Waals surface area contributed by atoms with Gasteiger partial charge < -0.3 is 18.9 Å². The van der Waals surface area contributed by atoms with E-state index >= 15 is 0 Å². The molecule has 0 N–H and O–H groups in total. The van der Waals surface area contributed by atoms with Gasteiger partial charge in [0, 0.05) is 24.2 Å². The lowest BCUT2D eigenvalue weighted by Gasteiger charge is -2.31. The summed E-state index contributed by atoms with van der Waals surface area (Å²) in [5, 5.41) is 4.17. The summed E-state index contributed by atoms with van der Waals surface area (Å²) in [5.41, 5.74) is 2.76. The van der Waals surface area contributed by atoms with Crippen molar-refractivity contribution in [1.82, 2.24) is 15.0 Å². The number of benzene rings is 2. The summed E-state index contributed by atoms with van der Waals surface area (Å²) < 4.78 is 16.3. The minimum absolute atomic E-state index is 0.0120. The highest BCUT2D eigenvalue weighted by Gasteiger charge is 2.29. The van der Waals surface area contributed by atoms with Gasteiger partial charge in [-0.2, -0.15) is 4.98 Å². The van der Waals surface area contributed by atoms with E-state index in [2.05, 4.69) is 30.9 Å². The molecule has 33 heavy (non-hydrogen) atoms. The van der Waals surface area contributed by atoms with Crippen LogP contribution in [0.3, 0.4) is 0 Å². The Bertz CT molecular complexity index is 1120. The molecule has 1 fully saturated rings. The molecule has 174 valence electrons. The Morgan fingerprint density at radius 1 is 1.06 bits per heavy atom. The van der Waals surface area contributed by atoms with Gasteiger partial charge in [-0.3, -0.25) is 4.79 Å². The standard InChI is InChI=1S/C26H31N3O4/c1-26(2,3)20-11-8-17(9-12-20)25(30)29-14-6-7-19(16-29)24-27-23(28-33-24)18-10-13-21(31-4)22(15-18)32-5/h8-13,15,19H,6-7,14,16H2,1-5H3/t19-/m0/s1. The summed E-state index contributed by atoms with van der Waals surface area (Å²) in [5.74, 6) is 2.35. The molecule has 0 spiro atoms. The van der Waals surface area contributed by atoms with Crippen molar-refractivity contribution in [2.75, 3.05) is 27.3 Å². The number of rotatable bonds is 5. The van der Waals surface area contributed by atoms with Gasteiger partial charge in [0.1, 0.15) is 0 Å². The number of hydrogen-bond donors (Lipinski definition) is 0. The highest BCUT2D eigenvalue weighted by molar-refractivity contribution is 5.94. The van der Waals surface area contributed by atoms with Crippen molar-refractivity contribution in [2.24, 2.45) is 0 Å². The van der Waals surface area contributed by atoms with Crippen LogP contribution < -0.4 is 9.47 Å². The fourth-order valence-corrected chi connectivity index (χ4v) is 4.15. The molecule has 3 aromatic rings. The minimum Gasteiger partial charge on any atom is -0.493 e. The van der Waals surface area contributed by atoms with Crippen molar-refractivity contribution in [3.05, 3.63) is 59.5 Å². The number of piperidine rings is 1. The van der Waals surface area contributed by atoms with Crippen LogP contribution in [-0.4, -0.2) is 48.3 Å². The number of likely N-dealkylation sites (tertiary alicyclic amines) is 1. The molecule has 1 saturated heterocycles. The quantitative estimate of drug-likeness (QED) is 0.541. The van der Waals surface area contributed by atoms with Crippen molar-refractivity contribution in [3.63, 3.8) is 0 Å². The zero-order valence-electron chi connectivity index (χ0n) is 19.9. The molecule has 0 aliphatic carbocycles. The molecule has 4 rings (SSSR count). The molecule has 1 aromatic heterocycles. The summed E-state index contributed by atoms with van der Waals surface area (Å²) >= 11 is 0. The maximum Gasteiger partial charge on any atom is 0.253 e. The summed E-state index contributed by atoms with van der Waals surface area (Å²) in [6, 6.07) is 13.4. The molecule has 0 saturated carbocycles. The first-order valence-corrected chi connectivity index (χ1v) is 11.3.